The first-order valence-electron chi connectivity index (χ1n) is 8.25. The third-order valence-corrected chi connectivity index (χ3v) is 4.69. The van der Waals surface area contributed by atoms with Gasteiger partial charge >= 0.3 is 6.03 Å². The molecule has 4 rings (SSSR count). The van der Waals surface area contributed by atoms with Crippen LogP contribution in [0.3, 0.4) is 0 Å². The second kappa shape index (κ2) is 6.17. The van der Waals surface area contributed by atoms with Crippen molar-refractivity contribution in [1.82, 2.24) is 10.6 Å². The minimum Gasteiger partial charge on any atom is -0.488 e. The molecule has 2 aromatic rings. The van der Waals surface area contributed by atoms with Gasteiger partial charge < -0.3 is 20.5 Å². The van der Waals surface area contributed by atoms with E-state index in [2.05, 4.69) is 10.6 Å². The summed E-state index contributed by atoms with van der Waals surface area (Å²) in [5.41, 5.74) is 3.25. The predicted octanol–water partition coefficient (Wildman–Crippen LogP) is 1.95. The lowest BCUT2D eigenvalue weighted by molar-refractivity contribution is 0.141. The summed E-state index contributed by atoms with van der Waals surface area (Å²) in [6, 6.07) is 15.1. The Balaban J connectivity index is 1.32. The highest BCUT2D eigenvalue weighted by atomic mass is 16.5. The van der Waals surface area contributed by atoms with E-state index in [-0.39, 0.29) is 18.2 Å². The first kappa shape index (κ1) is 15.0. The Morgan fingerprint density at radius 1 is 1.08 bits per heavy atom. The van der Waals surface area contributed by atoms with Gasteiger partial charge in [-0.25, -0.2) is 4.79 Å². The van der Waals surface area contributed by atoms with Crippen molar-refractivity contribution < 1.29 is 14.6 Å². The van der Waals surface area contributed by atoms with E-state index in [1.807, 2.05) is 48.5 Å². The molecule has 5 nitrogen and oxygen atoms in total. The maximum atomic E-state index is 12.2. The lowest BCUT2D eigenvalue weighted by atomic mass is 10.1. The number of nitrogens with one attached hydrogen (secondary N) is 2. The van der Waals surface area contributed by atoms with Crippen molar-refractivity contribution in [2.75, 3.05) is 6.54 Å². The summed E-state index contributed by atoms with van der Waals surface area (Å²) in [6.07, 6.45) is 0.738. The quantitative estimate of drug-likeness (QED) is 0.808. The van der Waals surface area contributed by atoms with Crippen LogP contribution in [0, 0.1) is 0 Å². The second-order valence-corrected chi connectivity index (χ2v) is 6.35. The molecule has 0 saturated heterocycles. The summed E-state index contributed by atoms with van der Waals surface area (Å²) in [4.78, 5) is 12.2. The van der Waals surface area contributed by atoms with Gasteiger partial charge in [0.25, 0.3) is 0 Å². The summed E-state index contributed by atoms with van der Waals surface area (Å²) in [7, 11) is 0. The topological polar surface area (TPSA) is 70.6 Å². The molecule has 3 atom stereocenters. The van der Waals surface area contributed by atoms with Gasteiger partial charge in [0.2, 0.25) is 0 Å². The van der Waals surface area contributed by atoms with Crippen LogP contribution in [0.1, 0.15) is 22.7 Å². The molecular formula is C19H20N2O3. The van der Waals surface area contributed by atoms with E-state index in [0.29, 0.717) is 13.0 Å². The standard InChI is InChI=1S/C19H20N2O3/c22-16-10-12-5-1-3-7-15(12)18(16)21-19(23)20-11-14-9-13-6-2-4-8-17(13)24-14/h1-8,14,16,18,22H,9-11H2,(H2,20,21,23). The average Bonchev–Trinajstić information content (AvgIpc) is 3.14. The number of aliphatic hydroxyl groups excluding tert-OH is 1. The van der Waals surface area contributed by atoms with Crippen molar-refractivity contribution in [3.8, 4) is 5.75 Å². The molecule has 0 bridgehead atoms. The first-order valence-corrected chi connectivity index (χ1v) is 8.25. The Bertz CT molecular complexity index is 737. The molecule has 1 aliphatic carbocycles. The first-order chi connectivity index (χ1) is 11.7. The molecule has 24 heavy (non-hydrogen) atoms. The number of benzene rings is 2. The van der Waals surface area contributed by atoms with Gasteiger partial charge in [-0.2, -0.15) is 0 Å². The molecule has 124 valence electrons. The van der Waals surface area contributed by atoms with Crippen LogP contribution in [-0.4, -0.2) is 29.9 Å². The maximum Gasteiger partial charge on any atom is 0.315 e. The number of carbonyl (C=O) groups is 1. The van der Waals surface area contributed by atoms with Crippen LogP contribution in [0.4, 0.5) is 4.79 Å². The predicted molar refractivity (Wildman–Crippen MR) is 90.0 cm³/mol. The molecule has 0 fully saturated rings. The monoisotopic (exact) mass is 324 g/mol. The molecule has 0 radical (unpaired) electrons. The fraction of sp³-hybridized carbons (Fsp3) is 0.316. The second-order valence-electron chi connectivity index (χ2n) is 6.35. The van der Waals surface area contributed by atoms with Crippen LogP contribution in [0.5, 0.6) is 5.75 Å². The van der Waals surface area contributed by atoms with Crippen LogP contribution in [0.15, 0.2) is 48.5 Å². The van der Waals surface area contributed by atoms with Crippen molar-refractivity contribution in [2.24, 2.45) is 0 Å². The molecule has 2 aromatic carbocycles. The third kappa shape index (κ3) is 2.83. The van der Waals surface area contributed by atoms with E-state index in [1.165, 1.54) is 5.56 Å². The van der Waals surface area contributed by atoms with E-state index >= 15 is 0 Å². The molecule has 2 aliphatic rings. The molecule has 0 spiro atoms. The van der Waals surface area contributed by atoms with E-state index in [1.54, 1.807) is 0 Å². The average molecular weight is 324 g/mol. The maximum absolute atomic E-state index is 12.2. The normalized spacial score (nSPS) is 24.0. The zero-order chi connectivity index (χ0) is 16.5. The zero-order valence-corrected chi connectivity index (χ0v) is 13.2. The summed E-state index contributed by atoms with van der Waals surface area (Å²) in [6.45, 7) is 0.435. The van der Waals surface area contributed by atoms with Gasteiger partial charge in [0.15, 0.2) is 0 Å². The van der Waals surface area contributed by atoms with E-state index in [0.717, 1.165) is 23.3 Å². The van der Waals surface area contributed by atoms with Gasteiger partial charge in [0.1, 0.15) is 11.9 Å². The van der Waals surface area contributed by atoms with Crippen molar-refractivity contribution in [2.45, 2.75) is 31.1 Å². The van der Waals surface area contributed by atoms with Gasteiger partial charge in [0, 0.05) is 12.8 Å². The SMILES string of the molecule is O=C(NCC1Cc2ccccc2O1)NC1c2ccccc2CC1O. The Labute approximate surface area is 140 Å². The highest BCUT2D eigenvalue weighted by Crippen LogP contribution is 2.31. The largest absolute Gasteiger partial charge is 0.488 e. The molecule has 1 heterocycles. The lowest BCUT2D eigenvalue weighted by Gasteiger charge is -2.19. The summed E-state index contributed by atoms with van der Waals surface area (Å²) in [5.74, 6) is 0.893. The molecule has 0 saturated carbocycles. The Kier molecular flexibility index (Phi) is 3.86. The fourth-order valence-corrected chi connectivity index (χ4v) is 3.51. The minimum atomic E-state index is -0.583. The third-order valence-electron chi connectivity index (χ3n) is 4.69. The van der Waals surface area contributed by atoms with Crippen LogP contribution in [0.25, 0.3) is 0 Å². The van der Waals surface area contributed by atoms with Crippen LogP contribution >= 0.6 is 0 Å². The summed E-state index contributed by atoms with van der Waals surface area (Å²) < 4.78 is 5.81. The lowest BCUT2D eigenvalue weighted by Crippen LogP contribution is -2.44. The minimum absolute atomic E-state index is 0.0473. The molecule has 2 amide bonds. The molecule has 3 N–H and O–H groups in total. The van der Waals surface area contributed by atoms with Crippen molar-refractivity contribution in [3.05, 3.63) is 65.2 Å². The summed E-state index contributed by atoms with van der Waals surface area (Å²) in [5, 5.41) is 15.9. The Hall–Kier alpha value is -2.53. The highest BCUT2D eigenvalue weighted by molar-refractivity contribution is 5.75. The Morgan fingerprint density at radius 3 is 2.67 bits per heavy atom. The number of hydrogen-bond acceptors (Lipinski definition) is 3. The highest BCUT2D eigenvalue weighted by Gasteiger charge is 2.32. The van der Waals surface area contributed by atoms with Gasteiger partial charge in [-0.1, -0.05) is 42.5 Å². The van der Waals surface area contributed by atoms with E-state index in [9.17, 15) is 9.90 Å². The number of rotatable bonds is 3. The van der Waals surface area contributed by atoms with Crippen LogP contribution in [-0.2, 0) is 12.8 Å². The molecule has 1 aliphatic heterocycles. The number of amides is 2. The van der Waals surface area contributed by atoms with Crippen LogP contribution < -0.4 is 15.4 Å². The van der Waals surface area contributed by atoms with Gasteiger partial charge in [0.05, 0.1) is 18.7 Å². The van der Waals surface area contributed by atoms with Crippen LogP contribution in [0.2, 0.25) is 0 Å². The number of aliphatic hydroxyl groups is 1. The molecule has 5 heteroatoms. The number of ether oxygens (including phenoxy) is 1. The van der Waals surface area contributed by atoms with Crippen molar-refractivity contribution in [1.29, 1.82) is 0 Å². The smallest absolute Gasteiger partial charge is 0.315 e. The van der Waals surface area contributed by atoms with E-state index in [4.69, 9.17) is 4.74 Å². The number of urea groups is 1. The van der Waals surface area contributed by atoms with Gasteiger partial charge in [-0.3, -0.25) is 0 Å². The molecule has 3 unspecified atom stereocenters. The summed E-state index contributed by atoms with van der Waals surface area (Å²) >= 11 is 0. The molecule has 0 aromatic heterocycles. The molecular weight excluding hydrogens is 304 g/mol. The van der Waals surface area contributed by atoms with Gasteiger partial charge in [-0.05, 0) is 22.8 Å². The van der Waals surface area contributed by atoms with Crippen molar-refractivity contribution in [3.63, 3.8) is 0 Å². The van der Waals surface area contributed by atoms with Crippen molar-refractivity contribution >= 4 is 6.03 Å². The number of fused-ring (bicyclic) bond motifs is 2. The zero-order valence-electron chi connectivity index (χ0n) is 13.2. The van der Waals surface area contributed by atoms with Gasteiger partial charge in [-0.15, -0.1) is 0 Å². The number of carbonyl (C=O) groups excluding carboxylic acids is 1. The van der Waals surface area contributed by atoms with E-state index < -0.39 is 6.10 Å². The Morgan fingerprint density at radius 2 is 1.83 bits per heavy atom. The fourth-order valence-electron chi connectivity index (χ4n) is 3.51. The number of hydrogen-bond donors (Lipinski definition) is 3. The number of para-hydroxylation sites is 1.